The molecule has 11 heteroatoms. The Balaban J connectivity index is 0.000000282. The number of hydrogen-bond acceptors (Lipinski definition) is 4. The van der Waals surface area contributed by atoms with Gasteiger partial charge < -0.3 is 5.11 Å². The van der Waals surface area contributed by atoms with Crippen molar-refractivity contribution in [2.45, 2.75) is 38.5 Å². The first-order chi connectivity index (χ1) is 14.9. The van der Waals surface area contributed by atoms with Gasteiger partial charge in [0.15, 0.2) is 5.65 Å². The van der Waals surface area contributed by atoms with Gasteiger partial charge in [0.2, 0.25) is 0 Å². The molecular formula is C21H21F6N3O2. The maximum Gasteiger partial charge on any atom is 0.433 e. The molecule has 0 aliphatic carbocycles. The molecule has 0 unspecified atom stereocenters. The Kier molecular flexibility index (Phi) is 8.00. The van der Waals surface area contributed by atoms with E-state index >= 15 is 0 Å². The molecule has 0 fully saturated rings. The van der Waals surface area contributed by atoms with Crippen molar-refractivity contribution in [3.63, 3.8) is 0 Å². The fourth-order valence-corrected chi connectivity index (χ4v) is 2.75. The van der Waals surface area contributed by atoms with Crippen molar-refractivity contribution in [1.29, 1.82) is 0 Å². The maximum absolute atomic E-state index is 13.0. The Labute approximate surface area is 179 Å². The Morgan fingerprint density at radius 3 is 2.12 bits per heavy atom. The molecule has 1 aromatic carbocycles. The highest BCUT2D eigenvalue weighted by Crippen LogP contribution is 2.30. The van der Waals surface area contributed by atoms with Crippen LogP contribution < -0.4 is 0 Å². The normalized spacial score (nSPS) is 11.9. The Morgan fingerprint density at radius 1 is 1.03 bits per heavy atom. The Bertz CT molecular complexity index is 1060. The lowest BCUT2D eigenvalue weighted by molar-refractivity contribution is -0.141. The van der Waals surface area contributed by atoms with Gasteiger partial charge in [-0.3, -0.25) is 9.36 Å². The standard InChI is InChI=1S/C14H9F4N3.C7H12F2O2/c1-8-19-11-6-7-12(14(16,17)18)20-13(11)21(8)10-4-2-9(15)3-5-10;1-2-6(10)3-7(11,4-8)5-9/h2-7H,1H3;11H,2-5H2,1H3. The number of aromatic nitrogens is 3. The molecule has 0 bridgehead atoms. The number of ketones is 1. The third-order valence-corrected chi connectivity index (χ3v) is 4.47. The molecule has 3 rings (SSSR count). The van der Waals surface area contributed by atoms with Crippen molar-refractivity contribution in [1.82, 2.24) is 14.5 Å². The van der Waals surface area contributed by atoms with Gasteiger partial charge in [-0.25, -0.2) is 23.1 Å². The number of alkyl halides is 5. The Morgan fingerprint density at radius 2 is 1.62 bits per heavy atom. The summed E-state index contributed by atoms with van der Waals surface area (Å²) < 4.78 is 76.5. The van der Waals surface area contributed by atoms with Crippen LogP contribution in [0, 0.1) is 12.7 Å². The smallest absolute Gasteiger partial charge is 0.384 e. The molecule has 0 aliphatic heterocycles. The molecule has 32 heavy (non-hydrogen) atoms. The fraction of sp³-hybridized carbons (Fsp3) is 0.381. The summed E-state index contributed by atoms with van der Waals surface area (Å²) in [5.41, 5.74) is -2.12. The molecule has 0 saturated heterocycles. The highest BCUT2D eigenvalue weighted by Gasteiger charge is 2.33. The number of fused-ring (bicyclic) bond motifs is 1. The minimum Gasteiger partial charge on any atom is -0.384 e. The minimum atomic E-state index is -4.53. The van der Waals surface area contributed by atoms with Crippen molar-refractivity contribution in [3.8, 4) is 5.69 Å². The van der Waals surface area contributed by atoms with E-state index in [0.717, 1.165) is 6.07 Å². The predicted molar refractivity (Wildman–Crippen MR) is 105 cm³/mol. The molecule has 2 aromatic heterocycles. The van der Waals surface area contributed by atoms with Crippen molar-refractivity contribution < 1.29 is 36.2 Å². The van der Waals surface area contributed by atoms with Gasteiger partial charge in [0.25, 0.3) is 0 Å². The third kappa shape index (κ3) is 6.06. The van der Waals surface area contributed by atoms with Crippen molar-refractivity contribution in [2.75, 3.05) is 13.3 Å². The average Bonchev–Trinajstić information content (AvgIpc) is 3.09. The van der Waals surface area contributed by atoms with Gasteiger partial charge in [0.1, 0.15) is 47.6 Å². The summed E-state index contributed by atoms with van der Waals surface area (Å²) in [7, 11) is 0. The summed E-state index contributed by atoms with van der Waals surface area (Å²) in [5.74, 6) is -0.281. The number of carbonyl (C=O) groups is 1. The molecule has 5 nitrogen and oxygen atoms in total. The molecule has 1 N–H and O–H groups in total. The van der Waals surface area contributed by atoms with Crippen LogP contribution in [0.4, 0.5) is 26.3 Å². The summed E-state index contributed by atoms with van der Waals surface area (Å²) in [5, 5.41) is 8.96. The van der Waals surface area contributed by atoms with E-state index in [2.05, 4.69) is 9.97 Å². The third-order valence-electron chi connectivity index (χ3n) is 4.47. The van der Waals surface area contributed by atoms with E-state index in [1.807, 2.05) is 0 Å². The molecule has 0 atom stereocenters. The Hall–Kier alpha value is -2.95. The molecule has 174 valence electrons. The molecular weight excluding hydrogens is 440 g/mol. The van der Waals surface area contributed by atoms with Crippen molar-refractivity contribution >= 4 is 16.9 Å². The van der Waals surface area contributed by atoms with Crippen LogP contribution in [-0.2, 0) is 11.0 Å². The zero-order valence-corrected chi connectivity index (χ0v) is 17.3. The summed E-state index contributed by atoms with van der Waals surface area (Å²) in [6.45, 7) is 0.808. The van der Waals surface area contributed by atoms with Crippen LogP contribution in [0.25, 0.3) is 16.9 Å². The predicted octanol–water partition coefficient (Wildman–Crippen LogP) is 4.91. The zero-order valence-electron chi connectivity index (χ0n) is 17.3. The van der Waals surface area contributed by atoms with E-state index in [9.17, 15) is 31.1 Å². The quantitative estimate of drug-likeness (QED) is 0.530. The van der Waals surface area contributed by atoms with E-state index in [-0.39, 0.29) is 17.9 Å². The average molecular weight is 461 g/mol. The lowest BCUT2D eigenvalue weighted by Gasteiger charge is -2.19. The number of nitrogens with zero attached hydrogens (tertiary/aromatic N) is 3. The number of aliphatic hydroxyl groups is 1. The van der Waals surface area contributed by atoms with Gasteiger partial charge in [-0.2, -0.15) is 13.2 Å². The number of Topliss-reactive ketones (excluding diaryl/α,β-unsaturated/α-hetero) is 1. The van der Waals surface area contributed by atoms with Crippen LogP contribution in [0.3, 0.4) is 0 Å². The second-order valence-corrected chi connectivity index (χ2v) is 7.07. The van der Waals surface area contributed by atoms with E-state index < -0.39 is 43.1 Å². The van der Waals surface area contributed by atoms with Gasteiger partial charge in [-0.05, 0) is 43.3 Å². The first-order valence-electron chi connectivity index (χ1n) is 9.49. The van der Waals surface area contributed by atoms with Gasteiger partial charge in [-0.15, -0.1) is 0 Å². The first kappa shape index (κ1) is 25.3. The lowest BCUT2D eigenvalue weighted by Crippen LogP contribution is -2.36. The number of halogens is 6. The van der Waals surface area contributed by atoms with Gasteiger partial charge >= 0.3 is 6.18 Å². The van der Waals surface area contributed by atoms with Crippen LogP contribution in [0.1, 0.15) is 31.3 Å². The highest BCUT2D eigenvalue weighted by atomic mass is 19.4. The van der Waals surface area contributed by atoms with Crippen LogP contribution >= 0.6 is 0 Å². The number of rotatable bonds is 6. The molecule has 0 saturated carbocycles. The van der Waals surface area contributed by atoms with Crippen molar-refractivity contribution in [2.24, 2.45) is 0 Å². The first-order valence-corrected chi connectivity index (χ1v) is 9.49. The largest absolute Gasteiger partial charge is 0.433 e. The zero-order chi connectivity index (χ0) is 24.1. The summed E-state index contributed by atoms with van der Waals surface area (Å²) in [4.78, 5) is 18.5. The minimum absolute atomic E-state index is 0.0916. The van der Waals surface area contributed by atoms with E-state index in [4.69, 9.17) is 5.11 Å². The van der Waals surface area contributed by atoms with E-state index in [1.54, 1.807) is 13.8 Å². The second-order valence-electron chi connectivity index (χ2n) is 7.07. The lowest BCUT2D eigenvalue weighted by atomic mass is 9.99. The van der Waals surface area contributed by atoms with Gasteiger partial charge in [0.05, 0.1) is 0 Å². The fourth-order valence-electron chi connectivity index (χ4n) is 2.75. The molecule has 0 radical (unpaired) electrons. The van der Waals surface area contributed by atoms with Gasteiger partial charge in [-0.1, -0.05) is 6.92 Å². The van der Waals surface area contributed by atoms with Gasteiger partial charge in [0, 0.05) is 18.5 Å². The summed E-state index contributed by atoms with van der Waals surface area (Å²) >= 11 is 0. The molecule has 0 amide bonds. The summed E-state index contributed by atoms with van der Waals surface area (Å²) in [6, 6.07) is 7.56. The molecule has 3 aromatic rings. The number of imidazole rings is 1. The highest BCUT2D eigenvalue weighted by molar-refractivity contribution is 5.79. The van der Waals surface area contributed by atoms with E-state index in [1.165, 1.54) is 34.9 Å². The van der Waals surface area contributed by atoms with Crippen LogP contribution in [0.5, 0.6) is 0 Å². The van der Waals surface area contributed by atoms with Crippen LogP contribution in [0.2, 0.25) is 0 Å². The monoisotopic (exact) mass is 461 g/mol. The number of hydrogen-bond donors (Lipinski definition) is 1. The van der Waals surface area contributed by atoms with E-state index in [0.29, 0.717) is 17.0 Å². The topological polar surface area (TPSA) is 68.0 Å². The van der Waals surface area contributed by atoms with Crippen LogP contribution in [0.15, 0.2) is 36.4 Å². The maximum atomic E-state index is 13.0. The number of pyridine rings is 1. The molecule has 0 aliphatic rings. The number of benzene rings is 1. The SMILES string of the molecule is CCC(=O)CC(O)(CF)CF.Cc1nc2ccc(C(F)(F)F)nc2n1-c1ccc(F)cc1. The molecule has 2 heterocycles. The number of aryl methyl sites for hydroxylation is 1. The molecule has 0 spiro atoms. The van der Waals surface area contributed by atoms with Crippen LogP contribution in [-0.4, -0.2) is 44.4 Å². The summed E-state index contributed by atoms with van der Waals surface area (Å²) in [6.07, 6.45) is -4.77. The second kappa shape index (κ2) is 10.1. The number of carbonyl (C=O) groups excluding carboxylic acids is 1. The van der Waals surface area contributed by atoms with Crippen molar-refractivity contribution in [3.05, 3.63) is 53.7 Å².